The maximum absolute atomic E-state index is 12.2. The lowest BCUT2D eigenvalue weighted by atomic mass is 9.89. The number of para-hydroxylation sites is 1. The first-order chi connectivity index (χ1) is 12.3. The predicted octanol–water partition coefficient (Wildman–Crippen LogP) is 4.02. The molecule has 25 heavy (non-hydrogen) atoms. The number of rotatable bonds is 3. The molecule has 130 valence electrons. The minimum Gasteiger partial charge on any atom is -0.450 e. The van der Waals surface area contributed by atoms with E-state index in [9.17, 15) is 4.79 Å². The highest BCUT2D eigenvalue weighted by Gasteiger charge is 2.42. The summed E-state index contributed by atoms with van der Waals surface area (Å²) in [6.07, 6.45) is 0.797. The van der Waals surface area contributed by atoms with Gasteiger partial charge >= 0.3 is 6.09 Å². The minimum atomic E-state index is -0.181. The molecule has 2 atom stereocenters. The fraction of sp³-hybridized carbons (Fsp3) is 0.381. The molecule has 2 aromatic rings. The van der Waals surface area contributed by atoms with Gasteiger partial charge in [-0.15, -0.1) is 0 Å². The van der Waals surface area contributed by atoms with Gasteiger partial charge in [-0.1, -0.05) is 48.5 Å². The topological polar surface area (TPSA) is 32.8 Å². The van der Waals surface area contributed by atoms with Gasteiger partial charge in [0.2, 0.25) is 0 Å². The van der Waals surface area contributed by atoms with Crippen LogP contribution < -0.4 is 4.90 Å². The van der Waals surface area contributed by atoms with E-state index in [1.165, 1.54) is 16.8 Å². The van der Waals surface area contributed by atoms with Crippen LogP contribution in [0.25, 0.3) is 0 Å². The van der Waals surface area contributed by atoms with E-state index >= 15 is 0 Å². The SMILES string of the molecule is CCOC(=O)N1CC[C@@H]2[C@H](C1)c1ccccc1N2Cc1ccccc1. The Morgan fingerprint density at radius 1 is 1.12 bits per heavy atom. The number of carbonyl (C=O) groups excluding carboxylic acids is 1. The molecule has 1 amide bonds. The summed E-state index contributed by atoms with van der Waals surface area (Å²) in [6, 6.07) is 19.7. The Morgan fingerprint density at radius 3 is 2.68 bits per heavy atom. The molecule has 1 saturated heterocycles. The molecule has 1 fully saturated rings. The molecule has 0 N–H and O–H groups in total. The average Bonchev–Trinajstić information content (AvgIpc) is 2.96. The Labute approximate surface area is 149 Å². The standard InChI is InChI=1S/C21H24N2O2/c1-2-25-21(24)22-13-12-20-18(15-22)17-10-6-7-11-19(17)23(20)14-16-8-4-3-5-9-16/h3-11,18,20H,2,12-15H2,1H3/t18-,20-/m1/s1. The molecule has 0 unspecified atom stereocenters. The molecule has 4 rings (SSSR count). The second-order valence-corrected chi connectivity index (χ2v) is 6.78. The number of fused-ring (bicyclic) bond motifs is 3. The van der Waals surface area contributed by atoms with Crippen LogP contribution in [-0.4, -0.2) is 36.7 Å². The van der Waals surface area contributed by atoms with E-state index in [4.69, 9.17) is 4.74 Å². The molecule has 2 aliphatic rings. The van der Waals surface area contributed by atoms with E-state index in [0.29, 0.717) is 18.6 Å². The van der Waals surface area contributed by atoms with Gasteiger partial charge in [-0.3, -0.25) is 0 Å². The smallest absolute Gasteiger partial charge is 0.409 e. The summed E-state index contributed by atoms with van der Waals surface area (Å²) < 4.78 is 5.21. The van der Waals surface area contributed by atoms with Crippen molar-refractivity contribution >= 4 is 11.8 Å². The predicted molar refractivity (Wildman–Crippen MR) is 98.8 cm³/mol. The number of ether oxygens (including phenoxy) is 1. The van der Waals surface area contributed by atoms with Gasteiger partial charge in [-0.25, -0.2) is 4.79 Å². The summed E-state index contributed by atoms with van der Waals surface area (Å²) in [5.74, 6) is 0.359. The highest BCUT2D eigenvalue weighted by molar-refractivity contribution is 5.69. The first kappa shape index (κ1) is 16.0. The number of amides is 1. The van der Waals surface area contributed by atoms with E-state index in [0.717, 1.165) is 26.1 Å². The molecule has 0 aromatic heterocycles. The van der Waals surface area contributed by atoms with Gasteiger partial charge in [0.15, 0.2) is 0 Å². The van der Waals surface area contributed by atoms with Gasteiger partial charge in [0.25, 0.3) is 0 Å². The van der Waals surface area contributed by atoms with E-state index in [1.54, 1.807) is 0 Å². The zero-order chi connectivity index (χ0) is 17.2. The molecular formula is C21H24N2O2. The van der Waals surface area contributed by atoms with Crippen molar-refractivity contribution in [3.63, 3.8) is 0 Å². The van der Waals surface area contributed by atoms with Gasteiger partial charge in [0, 0.05) is 37.3 Å². The zero-order valence-corrected chi connectivity index (χ0v) is 14.6. The summed E-state index contributed by atoms with van der Waals surface area (Å²) in [6.45, 7) is 4.71. The van der Waals surface area contributed by atoms with Gasteiger partial charge in [0.1, 0.15) is 0 Å². The number of anilines is 1. The zero-order valence-electron chi connectivity index (χ0n) is 14.6. The maximum Gasteiger partial charge on any atom is 0.409 e. The second-order valence-electron chi connectivity index (χ2n) is 6.78. The lowest BCUT2D eigenvalue weighted by molar-refractivity contribution is 0.0933. The van der Waals surface area contributed by atoms with Gasteiger partial charge < -0.3 is 14.5 Å². The van der Waals surface area contributed by atoms with Crippen molar-refractivity contribution in [2.24, 2.45) is 0 Å². The van der Waals surface area contributed by atoms with Crippen molar-refractivity contribution in [2.75, 3.05) is 24.6 Å². The Balaban J connectivity index is 1.60. The van der Waals surface area contributed by atoms with Crippen molar-refractivity contribution in [2.45, 2.75) is 31.8 Å². The van der Waals surface area contributed by atoms with E-state index in [1.807, 2.05) is 11.8 Å². The molecule has 0 radical (unpaired) electrons. The Morgan fingerprint density at radius 2 is 1.88 bits per heavy atom. The largest absolute Gasteiger partial charge is 0.450 e. The van der Waals surface area contributed by atoms with Gasteiger partial charge in [-0.05, 0) is 30.5 Å². The van der Waals surface area contributed by atoms with Crippen LogP contribution in [0, 0.1) is 0 Å². The summed E-state index contributed by atoms with van der Waals surface area (Å²) in [5, 5.41) is 0. The highest BCUT2D eigenvalue weighted by atomic mass is 16.6. The van der Waals surface area contributed by atoms with E-state index < -0.39 is 0 Å². The normalized spacial score (nSPS) is 21.6. The molecule has 2 aliphatic heterocycles. The Bertz CT molecular complexity index is 747. The van der Waals surface area contributed by atoms with E-state index in [2.05, 4.69) is 59.5 Å². The summed E-state index contributed by atoms with van der Waals surface area (Å²) in [5.41, 5.74) is 4.00. The van der Waals surface area contributed by atoms with Crippen LogP contribution in [-0.2, 0) is 11.3 Å². The molecule has 2 heterocycles. The van der Waals surface area contributed by atoms with Crippen molar-refractivity contribution in [3.8, 4) is 0 Å². The minimum absolute atomic E-state index is 0.181. The fourth-order valence-electron chi connectivity index (χ4n) is 4.22. The third-order valence-corrected chi connectivity index (χ3v) is 5.34. The molecule has 0 spiro atoms. The Kier molecular flexibility index (Phi) is 4.35. The van der Waals surface area contributed by atoms with Crippen molar-refractivity contribution in [3.05, 3.63) is 65.7 Å². The average molecular weight is 336 g/mol. The van der Waals surface area contributed by atoms with Crippen LogP contribution in [0.5, 0.6) is 0 Å². The quantitative estimate of drug-likeness (QED) is 0.849. The molecule has 0 bridgehead atoms. The summed E-state index contributed by atoms with van der Waals surface area (Å²) in [7, 11) is 0. The first-order valence-corrected chi connectivity index (χ1v) is 9.09. The van der Waals surface area contributed by atoms with Crippen LogP contribution in [0.1, 0.15) is 30.4 Å². The number of hydrogen-bond acceptors (Lipinski definition) is 3. The molecule has 2 aromatic carbocycles. The first-order valence-electron chi connectivity index (χ1n) is 9.09. The number of carbonyl (C=O) groups is 1. The third kappa shape index (κ3) is 2.97. The van der Waals surface area contributed by atoms with Crippen LogP contribution in [0.4, 0.5) is 10.5 Å². The van der Waals surface area contributed by atoms with Crippen molar-refractivity contribution in [1.29, 1.82) is 0 Å². The fourth-order valence-corrected chi connectivity index (χ4v) is 4.22. The molecular weight excluding hydrogens is 312 g/mol. The lowest BCUT2D eigenvalue weighted by Crippen LogP contribution is -2.48. The van der Waals surface area contributed by atoms with E-state index in [-0.39, 0.29) is 6.09 Å². The second kappa shape index (κ2) is 6.79. The summed E-state index contributed by atoms with van der Waals surface area (Å²) >= 11 is 0. The van der Waals surface area contributed by atoms with Crippen LogP contribution in [0.15, 0.2) is 54.6 Å². The highest BCUT2D eigenvalue weighted by Crippen LogP contribution is 2.45. The van der Waals surface area contributed by atoms with Crippen LogP contribution in [0.3, 0.4) is 0 Å². The maximum atomic E-state index is 12.2. The van der Waals surface area contributed by atoms with Crippen LogP contribution in [0.2, 0.25) is 0 Å². The van der Waals surface area contributed by atoms with Gasteiger partial charge in [-0.2, -0.15) is 0 Å². The number of piperidine rings is 1. The van der Waals surface area contributed by atoms with Gasteiger partial charge in [0.05, 0.1) is 6.61 Å². The third-order valence-electron chi connectivity index (χ3n) is 5.34. The molecule has 0 aliphatic carbocycles. The Hall–Kier alpha value is -2.49. The van der Waals surface area contributed by atoms with Crippen molar-refractivity contribution < 1.29 is 9.53 Å². The number of likely N-dealkylation sites (tertiary alicyclic amines) is 1. The van der Waals surface area contributed by atoms with Crippen LogP contribution >= 0.6 is 0 Å². The number of nitrogens with zero attached hydrogens (tertiary/aromatic N) is 2. The monoisotopic (exact) mass is 336 g/mol. The molecule has 0 saturated carbocycles. The lowest BCUT2D eigenvalue weighted by Gasteiger charge is -2.38. The van der Waals surface area contributed by atoms with Crippen molar-refractivity contribution in [1.82, 2.24) is 4.90 Å². The molecule has 4 heteroatoms. The number of benzene rings is 2. The molecule has 4 nitrogen and oxygen atoms in total. The number of hydrogen-bond donors (Lipinski definition) is 0. The summed E-state index contributed by atoms with van der Waals surface area (Å²) in [4.78, 5) is 16.6.